The number of aliphatic carboxylic acids is 1. The third kappa shape index (κ3) is 5.16. The number of nitrogens with one attached hydrogen (secondary N) is 1. The fraction of sp³-hybridized carbons (Fsp3) is 0.174. The van der Waals surface area contributed by atoms with Crippen LogP contribution in [0.2, 0.25) is 10.0 Å². The van der Waals surface area contributed by atoms with Crippen LogP contribution in [0.3, 0.4) is 0 Å². The molecule has 0 aliphatic rings. The Balaban J connectivity index is 1.81. The Labute approximate surface area is 189 Å². The molecule has 2 N–H and O–H groups in total. The number of benzene rings is 2. The van der Waals surface area contributed by atoms with E-state index in [-0.39, 0.29) is 22.6 Å². The highest BCUT2D eigenvalue weighted by atomic mass is 35.5. The van der Waals surface area contributed by atoms with E-state index in [0.717, 1.165) is 0 Å². The van der Waals surface area contributed by atoms with Gasteiger partial charge in [0.1, 0.15) is 6.04 Å². The zero-order valence-electron chi connectivity index (χ0n) is 16.9. The van der Waals surface area contributed by atoms with Crippen LogP contribution in [0, 0.1) is 6.92 Å². The lowest BCUT2D eigenvalue weighted by atomic mass is 10.0. The first-order valence-corrected chi connectivity index (χ1v) is 10.2. The maximum Gasteiger partial charge on any atom is 0.326 e. The van der Waals surface area contributed by atoms with E-state index in [1.807, 2.05) is 0 Å². The molecule has 1 atom stereocenters. The Morgan fingerprint density at radius 2 is 1.81 bits per heavy atom. The molecular weight excluding hydrogens is 439 g/mol. The Hall–Kier alpha value is -3.09. The number of rotatable bonds is 6. The smallest absolute Gasteiger partial charge is 0.326 e. The van der Waals surface area contributed by atoms with Gasteiger partial charge in [0, 0.05) is 25.2 Å². The summed E-state index contributed by atoms with van der Waals surface area (Å²) in [6.07, 6.45) is 1.60. The molecule has 160 valence electrons. The van der Waals surface area contributed by atoms with Gasteiger partial charge >= 0.3 is 5.97 Å². The van der Waals surface area contributed by atoms with Crippen molar-refractivity contribution in [2.75, 3.05) is 0 Å². The van der Waals surface area contributed by atoms with Crippen LogP contribution in [-0.2, 0) is 18.3 Å². The second kappa shape index (κ2) is 9.37. The molecule has 0 aliphatic carbocycles. The molecule has 0 spiro atoms. The number of aryl methyl sites for hydroxylation is 2. The molecule has 0 fully saturated rings. The Morgan fingerprint density at radius 3 is 2.42 bits per heavy atom. The SMILES string of the molecule is Cc1cccc(Cl)c1C(=O)N[C@@H](Cc1ccc(-c2cc(Cl)cn(C)c2=O)cc1)C(=O)O. The van der Waals surface area contributed by atoms with Crippen molar-refractivity contribution in [1.82, 2.24) is 9.88 Å². The monoisotopic (exact) mass is 458 g/mol. The van der Waals surface area contributed by atoms with E-state index in [9.17, 15) is 19.5 Å². The van der Waals surface area contributed by atoms with Gasteiger partial charge in [0.25, 0.3) is 11.5 Å². The number of nitrogens with zero attached hydrogens (tertiary/aromatic N) is 1. The van der Waals surface area contributed by atoms with Crippen LogP contribution in [0.5, 0.6) is 0 Å². The van der Waals surface area contributed by atoms with Crippen molar-refractivity contribution in [3.63, 3.8) is 0 Å². The number of carbonyl (C=O) groups excluding carboxylic acids is 1. The van der Waals surface area contributed by atoms with Crippen LogP contribution in [0.15, 0.2) is 59.5 Å². The summed E-state index contributed by atoms with van der Waals surface area (Å²) in [7, 11) is 1.62. The second-order valence-corrected chi connectivity index (χ2v) is 8.03. The number of carbonyl (C=O) groups is 2. The zero-order valence-corrected chi connectivity index (χ0v) is 18.4. The number of halogens is 2. The van der Waals surface area contributed by atoms with Crippen molar-refractivity contribution in [1.29, 1.82) is 0 Å². The second-order valence-electron chi connectivity index (χ2n) is 7.19. The number of aromatic nitrogens is 1. The Kier molecular flexibility index (Phi) is 6.83. The average molecular weight is 459 g/mol. The van der Waals surface area contributed by atoms with Gasteiger partial charge < -0.3 is 15.0 Å². The van der Waals surface area contributed by atoms with Gasteiger partial charge in [0.2, 0.25) is 0 Å². The minimum atomic E-state index is -1.16. The lowest BCUT2D eigenvalue weighted by Crippen LogP contribution is -2.42. The van der Waals surface area contributed by atoms with E-state index in [0.29, 0.717) is 27.3 Å². The molecule has 6 nitrogen and oxygen atoms in total. The van der Waals surface area contributed by atoms with Crippen LogP contribution in [0.1, 0.15) is 21.5 Å². The Morgan fingerprint density at radius 1 is 1.13 bits per heavy atom. The molecule has 8 heteroatoms. The molecule has 0 bridgehead atoms. The highest BCUT2D eigenvalue weighted by molar-refractivity contribution is 6.34. The van der Waals surface area contributed by atoms with Gasteiger partial charge in [-0.15, -0.1) is 0 Å². The number of hydrogen-bond donors (Lipinski definition) is 2. The molecule has 0 saturated carbocycles. The first-order valence-electron chi connectivity index (χ1n) is 9.41. The van der Waals surface area contributed by atoms with E-state index in [1.54, 1.807) is 62.5 Å². The van der Waals surface area contributed by atoms with Gasteiger partial charge in [-0.1, -0.05) is 59.6 Å². The van der Waals surface area contributed by atoms with E-state index in [2.05, 4.69) is 5.32 Å². The predicted octanol–water partition coefficient (Wildman–Crippen LogP) is 4.09. The third-order valence-corrected chi connectivity index (χ3v) is 5.43. The van der Waals surface area contributed by atoms with Crippen molar-refractivity contribution >= 4 is 35.1 Å². The van der Waals surface area contributed by atoms with Gasteiger partial charge in [-0.2, -0.15) is 0 Å². The average Bonchev–Trinajstić information content (AvgIpc) is 2.70. The molecule has 0 saturated heterocycles. The minimum Gasteiger partial charge on any atom is -0.480 e. The number of carboxylic acids is 1. The van der Waals surface area contributed by atoms with E-state index < -0.39 is 17.9 Å². The highest BCUT2D eigenvalue weighted by Crippen LogP contribution is 2.21. The topological polar surface area (TPSA) is 88.4 Å². The number of carboxylic acid groups (broad SMARTS) is 1. The summed E-state index contributed by atoms with van der Waals surface area (Å²) in [6, 6.07) is 12.4. The lowest BCUT2D eigenvalue weighted by Gasteiger charge is -2.16. The molecule has 3 rings (SSSR count). The van der Waals surface area contributed by atoms with Gasteiger partial charge in [0.05, 0.1) is 15.6 Å². The minimum absolute atomic E-state index is 0.0679. The molecule has 31 heavy (non-hydrogen) atoms. The fourth-order valence-corrected chi connectivity index (χ4v) is 3.85. The molecule has 3 aromatic rings. The molecule has 0 aliphatic heterocycles. The Bertz CT molecular complexity index is 1180. The van der Waals surface area contributed by atoms with Crippen LogP contribution in [0.25, 0.3) is 11.1 Å². The number of hydrogen-bond acceptors (Lipinski definition) is 3. The molecule has 1 heterocycles. The third-order valence-electron chi connectivity index (χ3n) is 4.91. The van der Waals surface area contributed by atoms with Crippen LogP contribution in [-0.4, -0.2) is 27.6 Å². The summed E-state index contributed by atoms with van der Waals surface area (Å²) in [5, 5.41) is 12.8. The largest absolute Gasteiger partial charge is 0.480 e. The first-order chi connectivity index (χ1) is 14.7. The van der Waals surface area contributed by atoms with E-state index in [1.165, 1.54) is 10.8 Å². The molecule has 1 aromatic heterocycles. The van der Waals surface area contributed by atoms with Crippen molar-refractivity contribution < 1.29 is 14.7 Å². The molecular formula is C23H20Cl2N2O4. The quantitative estimate of drug-likeness (QED) is 0.581. The van der Waals surface area contributed by atoms with Crippen LogP contribution >= 0.6 is 23.2 Å². The van der Waals surface area contributed by atoms with E-state index in [4.69, 9.17) is 23.2 Å². The summed E-state index contributed by atoms with van der Waals surface area (Å²) in [5.41, 5.74) is 2.51. The van der Waals surface area contributed by atoms with Crippen molar-refractivity contribution in [2.45, 2.75) is 19.4 Å². The van der Waals surface area contributed by atoms with Crippen molar-refractivity contribution in [3.8, 4) is 11.1 Å². The van der Waals surface area contributed by atoms with Gasteiger partial charge in [-0.3, -0.25) is 9.59 Å². The van der Waals surface area contributed by atoms with Crippen LogP contribution < -0.4 is 10.9 Å². The molecule has 2 aromatic carbocycles. The fourth-order valence-electron chi connectivity index (χ4n) is 3.28. The van der Waals surface area contributed by atoms with Gasteiger partial charge in [0.15, 0.2) is 0 Å². The summed E-state index contributed by atoms with van der Waals surface area (Å²) in [5.74, 6) is -1.71. The maximum atomic E-state index is 12.6. The van der Waals surface area contributed by atoms with Gasteiger partial charge in [-0.25, -0.2) is 4.79 Å². The van der Waals surface area contributed by atoms with E-state index >= 15 is 0 Å². The maximum absolute atomic E-state index is 12.6. The van der Waals surface area contributed by atoms with Crippen molar-refractivity contribution in [3.05, 3.63) is 91.8 Å². The summed E-state index contributed by atoms with van der Waals surface area (Å²) < 4.78 is 1.40. The zero-order chi connectivity index (χ0) is 22.7. The number of pyridine rings is 1. The molecule has 0 radical (unpaired) electrons. The molecule has 1 amide bonds. The normalized spacial score (nSPS) is 11.7. The van der Waals surface area contributed by atoms with Crippen molar-refractivity contribution in [2.24, 2.45) is 7.05 Å². The molecule has 0 unspecified atom stereocenters. The first kappa shape index (κ1) is 22.6. The summed E-state index contributed by atoms with van der Waals surface area (Å²) in [6.45, 7) is 1.73. The summed E-state index contributed by atoms with van der Waals surface area (Å²) >= 11 is 12.2. The highest BCUT2D eigenvalue weighted by Gasteiger charge is 2.23. The van der Waals surface area contributed by atoms with Gasteiger partial charge in [-0.05, 0) is 35.7 Å². The number of amides is 1. The standard InChI is InChI=1S/C23H20Cl2N2O4/c1-13-4-3-5-18(25)20(13)21(28)26-19(23(30)31)10-14-6-8-15(9-7-14)17-11-16(24)12-27(2)22(17)29/h3-9,11-12,19H,10H2,1-2H3,(H,26,28)(H,30,31)/t19-/m0/s1. The summed E-state index contributed by atoms with van der Waals surface area (Å²) in [4.78, 5) is 36.7. The lowest BCUT2D eigenvalue weighted by molar-refractivity contribution is -0.139. The predicted molar refractivity (Wildman–Crippen MR) is 121 cm³/mol. The van der Waals surface area contributed by atoms with Crippen LogP contribution in [0.4, 0.5) is 0 Å².